The van der Waals surface area contributed by atoms with Crippen molar-refractivity contribution >= 4 is 5.91 Å². The zero-order valence-corrected chi connectivity index (χ0v) is 15.7. The van der Waals surface area contributed by atoms with Gasteiger partial charge in [-0.3, -0.25) is 9.69 Å². The molecule has 1 amide bonds. The number of rotatable bonds is 6. The molecular formula is C21H25FN2O3. The van der Waals surface area contributed by atoms with Gasteiger partial charge in [0.25, 0.3) is 0 Å². The molecule has 144 valence electrons. The zero-order chi connectivity index (χ0) is 19.2. The van der Waals surface area contributed by atoms with Gasteiger partial charge in [0.1, 0.15) is 17.7 Å². The van der Waals surface area contributed by atoms with Crippen LogP contribution < -0.4 is 4.74 Å². The highest BCUT2D eigenvalue weighted by molar-refractivity contribution is 5.78. The molecule has 3 rings (SSSR count). The van der Waals surface area contributed by atoms with Crippen molar-refractivity contribution in [1.82, 2.24) is 9.80 Å². The summed E-state index contributed by atoms with van der Waals surface area (Å²) in [4.78, 5) is 16.5. The Kier molecular flexibility index (Phi) is 6.42. The third kappa shape index (κ3) is 5.28. The van der Waals surface area contributed by atoms with Crippen molar-refractivity contribution in [2.75, 3.05) is 40.4 Å². The Labute approximate surface area is 159 Å². The van der Waals surface area contributed by atoms with Gasteiger partial charge >= 0.3 is 0 Å². The van der Waals surface area contributed by atoms with Gasteiger partial charge in [-0.1, -0.05) is 24.3 Å². The Hall–Kier alpha value is -2.44. The van der Waals surface area contributed by atoms with Crippen molar-refractivity contribution < 1.29 is 18.7 Å². The molecule has 6 heteroatoms. The summed E-state index contributed by atoms with van der Waals surface area (Å²) in [6.07, 6.45) is -0.213. The lowest BCUT2D eigenvalue weighted by Crippen LogP contribution is -2.46. The van der Waals surface area contributed by atoms with Crippen LogP contribution in [-0.4, -0.2) is 56.1 Å². The van der Waals surface area contributed by atoms with Gasteiger partial charge in [-0.25, -0.2) is 4.39 Å². The minimum Gasteiger partial charge on any atom is -0.497 e. The number of benzene rings is 2. The molecule has 1 unspecified atom stereocenters. The lowest BCUT2D eigenvalue weighted by molar-refractivity contribution is -0.140. The summed E-state index contributed by atoms with van der Waals surface area (Å²) in [6, 6.07) is 14.1. The molecule has 0 aromatic heterocycles. The van der Waals surface area contributed by atoms with Crippen LogP contribution >= 0.6 is 0 Å². The number of hydrogen-bond acceptors (Lipinski definition) is 4. The van der Waals surface area contributed by atoms with Gasteiger partial charge in [-0.15, -0.1) is 0 Å². The smallest absolute Gasteiger partial charge is 0.236 e. The number of carbonyl (C=O) groups is 1. The number of methoxy groups -OCH3 is 1. The lowest BCUT2D eigenvalue weighted by atomic mass is 10.1. The highest BCUT2D eigenvalue weighted by atomic mass is 19.1. The lowest BCUT2D eigenvalue weighted by Gasteiger charge is -2.34. The molecule has 1 saturated heterocycles. The average molecular weight is 372 g/mol. The number of morpholine rings is 1. The minimum atomic E-state index is -0.275. The maximum absolute atomic E-state index is 13.1. The molecule has 1 atom stereocenters. The standard InChI is InChI=1S/C21H25FN2O3/c1-23(13-16-3-9-19(26-2)10-4-16)15-21(25)24-11-12-27-20(14-24)17-5-7-18(22)8-6-17/h3-10,20H,11-15H2,1-2H3. The van der Waals surface area contributed by atoms with Crippen molar-refractivity contribution in [3.63, 3.8) is 0 Å². The second kappa shape index (κ2) is 8.97. The number of amides is 1. The quantitative estimate of drug-likeness (QED) is 0.782. The van der Waals surface area contributed by atoms with Crippen LogP contribution in [0.2, 0.25) is 0 Å². The molecule has 1 aliphatic heterocycles. The van der Waals surface area contributed by atoms with Crippen LogP contribution in [0, 0.1) is 5.82 Å². The van der Waals surface area contributed by atoms with Crippen LogP contribution in [0.1, 0.15) is 17.2 Å². The predicted molar refractivity (Wildman–Crippen MR) is 101 cm³/mol. The average Bonchev–Trinajstić information content (AvgIpc) is 2.69. The van der Waals surface area contributed by atoms with E-state index in [1.807, 2.05) is 41.1 Å². The molecule has 2 aromatic rings. The molecule has 0 bridgehead atoms. The molecule has 0 saturated carbocycles. The SMILES string of the molecule is COc1ccc(CN(C)CC(=O)N2CCOC(c3ccc(F)cc3)C2)cc1. The van der Waals surface area contributed by atoms with Crippen LogP contribution in [-0.2, 0) is 16.1 Å². The number of halogens is 1. The van der Waals surface area contributed by atoms with Gasteiger partial charge in [-0.05, 0) is 42.4 Å². The first-order chi connectivity index (χ1) is 13.0. The molecular weight excluding hydrogens is 347 g/mol. The zero-order valence-electron chi connectivity index (χ0n) is 15.7. The fourth-order valence-corrected chi connectivity index (χ4v) is 3.18. The summed E-state index contributed by atoms with van der Waals surface area (Å²) in [5.41, 5.74) is 2.01. The van der Waals surface area contributed by atoms with E-state index in [4.69, 9.17) is 9.47 Å². The maximum Gasteiger partial charge on any atom is 0.236 e. The van der Waals surface area contributed by atoms with E-state index in [-0.39, 0.29) is 17.8 Å². The van der Waals surface area contributed by atoms with Gasteiger partial charge in [0.2, 0.25) is 5.91 Å². The topological polar surface area (TPSA) is 42.0 Å². The van der Waals surface area contributed by atoms with Gasteiger partial charge in [0.15, 0.2) is 0 Å². The third-order valence-corrected chi connectivity index (χ3v) is 4.68. The number of hydrogen-bond donors (Lipinski definition) is 0. The first kappa shape index (κ1) is 19.3. The van der Waals surface area contributed by atoms with Gasteiger partial charge in [0, 0.05) is 13.1 Å². The van der Waals surface area contributed by atoms with E-state index < -0.39 is 0 Å². The first-order valence-corrected chi connectivity index (χ1v) is 9.01. The number of carbonyl (C=O) groups excluding carboxylic acids is 1. The van der Waals surface area contributed by atoms with Crippen LogP contribution in [0.5, 0.6) is 5.75 Å². The molecule has 0 radical (unpaired) electrons. The van der Waals surface area contributed by atoms with Gasteiger partial charge in [-0.2, -0.15) is 0 Å². The highest BCUT2D eigenvalue weighted by Crippen LogP contribution is 2.22. The Morgan fingerprint density at radius 1 is 1.22 bits per heavy atom. The van der Waals surface area contributed by atoms with Crippen molar-refractivity contribution in [2.24, 2.45) is 0 Å². The highest BCUT2D eigenvalue weighted by Gasteiger charge is 2.25. The number of likely N-dealkylation sites (N-methyl/N-ethyl adjacent to an activating group) is 1. The largest absolute Gasteiger partial charge is 0.497 e. The third-order valence-electron chi connectivity index (χ3n) is 4.68. The van der Waals surface area contributed by atoms with Crippen LogP contribution in [0.4, 0.5) is 4.39 Å². The van der Waals surface area contributed by atoms with Crippen LogP contribution in [0.25, 0.3) is 0 Å². The van der Waals surface area contributed by atoms with E-state index in [0.29, 0.717) is 32.8 Å². The van der Waals surface area contributed by atoms with E-state index in [2.05, 4.69) is 0 Å². The van der Waals surface area contributed by atoms with Crippen molar-refractivity contribution in [2.45, 2.75) is 12.6 Å². The molecule has 5 nitrogen and oxygen atoms in total. The molecule has 27 heavy (non-hydrogen) atoms. The summed E-state index contributed by atoms with van der Waals surface area (Å²) >= 11 is 0. The second-order valence-corrected chi connectivity index (χ2v) is 6.77. The van der Waals surface area contributed by atoms with Crippen LogP contribution in [0.15, 0.2) is 48.5 Å². The normalized spacial score (nSPS) is 17.2. The minimum absolute atomic E-state index is 0.0708. The molecule has 0 N–H and O–H groups in total. The van der Waals surface area contributed by atoms with Gasteiger partial charge in [0.05, 0.1) is 26.8 Å². The summed E-state index contributed by atoms with van der Waals surface area (Å²) in [5.74, 6) is 0.613. The molecule has 1 fully saturated rings. The van der Waals surface area contributed by atoms with E-state index in [1.165, 1.54) is 12.1 Å². The van der Waals surface area contributed by atoms with E-state index in [9.17, 15) is 9.18 Å². The second-order valence-electron chi connectivity index (χ2n) is 6.77. The van der Waals surface area contributed by atoms with E-state index >= 15 is 0 Å². The maximum atomic E-state index is 13.1. The monoisotopic (exact) mass is 372 g/mol. The van der Waals surface area contributed by atoms with E-state index in [0.717, 1.165) is 16.9 Å². The Morgan fingerprint density at radius 3 is 2.59 bits per heavy atom. The molecule has 1 heterocycles. The fraction of sp³-hybridized carbons (Fsp3) is 0.381. The van der Waals surface area contributed by atoms with Crippen LogP contribution in [0.3, 0.4) is 0 Å². The number of ether oxygens (including phenoxy) is 2. The summed E-state index contributed by atoms with van der Waals surface area (Å²) < 4.78 is 24.0. The predicted octanol–water partition coefficient (Wildman–Crippen LogP) is 2.87. The fourth-order valence-electron chi connectivity index (χ4n) is 3.18. The summed E-state index contributed by atoms with van der Waals surface area (Å²) in [6.45, 7) is 2.56. The Morgan fingerprint density at radius 2 is 1.93 bits per heavy atom. The van der Waals surface area contributed by atoms with Crippen molar-refractivity contribution in [3.8, 4) is 5.75 Å². The molecule has 0 spiro atoms. The molecule has 1 aliphatic rings. The Balaban J connectivity index is 1.53. The van der Waals surface area contributed by atoms with Crippen molar-refractivity contribution in [3.05, 3.63) is 65.5 Å². The van der Waals surface area contributed by atoms with E-state index in [1.54, 1.807) is 19.2 Å². The molecule has 0 aliphatic carbocycles. The molecule has 2 aromatic carbocycles. The van der Waals surface area contributed by atoms with Gasteiger partial charge < -0.3 is 14.4 Å². The van der Waals surface area contributed by atoms with Crippen molar-refractivity contribution in [1.29, 1.82) is 0 Å². The Bertz CT molecular complexity index is 749. The summed E-state index contributed by atoms with van der Waals surface area (Å²) in [5, 5.41) is 0. The summed E-state index contributed by atoms with van der Waals surface area (Å²) in [7, 11) is 3.57. The number of nitrogens with zero attached hydrogens (tertiary/aromatic N) is 2. The first-order valence-electron chi connectivity index (χ1n) is 9.01.